The quantitative estimate of drug-likeness (QED) is 0.564. The lowest BCUT2D eigenvalue weighted by Crippen LogP contribution is -2.15. The van der Waals surface area contributed by atoms with E-state index in [-0.39, 0.29) is 22.0 Å². The van der Waals surface area contributed by atoms with Crippen LogP contribution in [0.5, 0.6) is 17.2 Å². The number of aryl methyl sites for hydroxylation is 1. The van der Waals surface area contributed by atoms with Crippen molar-refractivity contribution in [2.45, 2.75) is 24.7 Å². The second-order valence-corrected chi connectivity index (χ2v) is 8.05. The number of benzene rings is 3. The van der Waals surface area contributed by atoms with Crippen molar-refractivity contribution in [3.05, 3.63) is 83.9 Å². The van der Waals surface area contributed by atoms with Crippen LogP contribution in [0.3, 0.4) is 0 Å². The van der Waals surface area contributed by atoms with Gasteiger partial charge in [-0.2, -0.15) is 8.42 Å². The molecule has 3 aromatic carbocycles. The number of para-hydroxylation sites is 2. The highest BCUT2D eigenvalue weighted by molar-refractivity contribution is 7.87. The average molecular weight is 412 g/mol. The van der Waals surface area contributed by atoms with E-state index in [1.54, 1.807) is 42.5 Å². The summed E-state index contributed by atoms with van der Waals surface area (Å²) in [5, 5.41) is 9.44. The van der Waals surface area contributed by atoms with Gasteiger partial charge in [0.2, 0.25) is 0 Å². The zero-order chi connectivity index (χ0) is 21.0. The number of carbonyl (C=O) groups is 1. The lowest BCUT2D eigenvalue weighted by molar-refractivity contribution is -0.138. The smallest absolute Gasteiger partial charge is 0.339 e. The molecule has 1 atom stereocenters. The van der Waals surface area contributed by atoms with Crippen molar-refractivity contribution in [1.82, 2.24) is 0 Å². The minimum atomic E-state index is -4.20. The molecule has 7 heteroatoms. The lowest BCUT2D eigenvalue weighted by atomic mass is 10.00. The molecule has 0 aliphatic carbocycles. The van der Waals surface area contributed by atoms with Crippen molar-refractivity contribution >= 4 is 16.1 Å². The van der Waals surface area contributed by atoms with Crippen molar-refractivity contribution in [3.63, 3.8) is 0 Å². The minimum absolute atomic E-state index is 0.0356. The van der Waals surface area contributed by atoms with Gasteiger partial charge in [-0.05, 0) is 44.2 Å². The Bertz CT molecular complexity index is 1110. The maximum Gasteiger partial charge on any atom is 0.339 e. The molecule has 0 saturated heterocycles. The molecule has 1 N–H and O–H groups in total. The Morgan fingerprint density at radius 2 is 1.59 bits per heavy atom. The standard InChI is InChI=1S/C22H20O6S/c1-15-11-13-18(14-12-15)29(25,26)28-21-19(16(2)22(23)24)9-6-10-20(21)27-17-7-4-3-5-8-17/h3-14,16H,1-2H3,(H,23,24)/t16-/m0/s1. The Hall–Kier alpha value is -3.32. The van der Waals surface area contributed by atoms with Gasteiger partial charge in [-0.15, -0.1) is 0 Å². The van der Waals surface area contributed by atoms with Crippen LogP contribution < -0.4 is 8.92 Å². The third-order valence-corrected chi connectivity index (χ3v) is 5.56. The van der Waals surface area contributed by atoms with Gasteiger partial charge in [0.15, 0.2) is 11.5 Å². The third-order valence-electron chi connectivity index (χ3n) is 4.32. The van der Waals surface area contributed by atoms with E-state index in [1.165, 1.54) is 31.2 Å². The molecule has 29 heavy (non-hydrogen) atoms. The Labute approximate surface area is 169 Å². The van der Waals surface area contributed by atoms with E-state index in [4.69, 9.17) is 8.92 Å². The summed E-state index contributed by atoms with van der Waals surface area (Å²) in [4.78, 5) is 11.5. The monoisotopic (exact) mass is 412 g/mol. The molecule has 0 aliphatic rings. The summed E-state index contributed by atoms with van der Waals surface area (Å²) in [6.07, 6.45) is 0. The van der Waals surface area contributed by atoms with Crippen LogP contribution in [-0.2, 0) is 14.9 Å². The number of rotatable bonds is 7. The fourth-order valence-electron chi connectivity index (χ4n) is 2.65. The van der Waals surface area contributed by atoms with Gasteiger partial charge in [-0.1, -0.05) is 48.0 Å². The summed E-state index contributed by atoms with van der Waals surface area (Å²) in [6, 6.07) is 19.6. The van der Waals surface area contributed by atoms with E-state index in [2.05, 4.69) is 0 Å². The van der Waals surface area contributed by atoms with E-state index in [9.17, 15) is 18.3 Å². The Morgan fingerprint density at radius 3 is 2.21 bits per heavy atom. The minimum Gasteiger partial charge on any atom is -0.481 e. The maximum atomic E-state index is 12.8. The molecule has 0 amide bonds. The van der Waals surface area contributed by atoms with E-state index in [0.717, 1.165) is 5.56 Å². The molecule has 0 aromatic heterocycles. The molecule has 0 heterocycles. The summed E-state index contributed by atoms with van der Waals surface area (Å²) in [5.41, 5.74) is 1.10. The molecule has 0 saturated carbocycles. The van der Waals surface area contributed by atoms with Crippen LogP contribution in [0, 0.1) is 6.92 Å². The fraction of sp³-hybridized carbons (Fsp3) is 0.136. The van der Waals surface area contributed by atoms with Crippen molar-refractivity contribution in [2.24, 2.45) is 0 Å². The molecule has 0 radical (unpaired) electrons. The van der Waals surface area contributed by atoms with Crippen LogP contribution >= 0.6 is 0 Å². The third kappa shape index (κ3) is 4.75. The van der Waals surface area contributed by atoms with Gasteiger partial charge >= 0.3 is 16.1 Å². The van der Waals surface area contributed by atoms with Crippen molar-refractivity contribution in [2.75, 3.05) is 0 Å². The summed E-state index contributed by atoms with van der Waals surface area (Å²) < 4.78 is 36.9. The second-order valence-electron chi connectivity index (χ2n) is 6.50. The predicted molar refractivity (Wildman–Crippen MR) is 108 cm³/mol. The number of ether oxygens (including phenoxy) is 1. The summed E-state index contributed by atoms with van der Waals surface area (Å²) >= 11 is 0. The molecule has 3 aromatic rings. The van der Waals surface area contributed by atoms with Crippen molar-refractivity contribution in [3.8, 4) is 17.2 Å². The number of carboxylic acids is 1. The topological polar surface area (TPSA) is 89.9 Å². The normalized spacial score (nSPS) is 12.2. The zero-order valence-electron chi connectivity index (χ0n) is 15.9. The molecule has 0 spiro atoms. The molecule has 3 rings (SSSR count). The average Bonchev–Trinajstić information content (AvgIpc) is 2.69. The van der Waals surface area contributed by atoms with Gasteiger partial charge in [-0.3, -0.25) is 4.79 Å². The number of hydrogen-bond acceptors (Lipinski definition) is 5. The van der Waals surface area contributed by atoms with E-state index in [1.807, 2.05) is 13.0 Å². The Morgan fingerprint density at radius 1 is 0.931 bits per heavy atom. The van der Waals surface area contributed by atoms with E-state index >= 15 is 0 Å². The Kier molecular flexibility index (Phi) is 5.89. The SMILES string of the molecule is Cc1ccc(S(=O)(=O)Oc2c(Oc3ccccc3)cccc2[C@H](C)C(=O)O)cc1. The second kappa shape index (κ2) is 8.36. The van der Waals surface area contributed by atoms with E-state index in [0.29, 0.717) is 5.75 Å². The molecular weight excluding hydrogens is 392 g/mol. The van der Waals surface area contributed by atoms with Gasteiger partial charge in [0.25, 0.3) is 0 Å². The number of aliphatic carboxylic acids is 1. The van der Waals surface area contributed by atoms with Gasteiger partial charge in [0.05, 0.1) is 5.92 Å². The molecule has 0 bridgehead atoms. The van der Waals surface area contributed by atoms with Crippen LogP contribution in [0.15, 0.2) is 77.7 Å². The van der Waals surface area contributed by atoms with Gasteiger partial charge in [-0.25, -0.2) is 0 Å². The Balaban J connectivity index is 2.08. The first-order valence-electron chi connectivity index (χ1n) is 8.87. The fourth-order valence-corrected chi connectivity index (χ4v) is 3.62. The van der Waals surface area contributed by atoms with Gasteiger partial charge in [0.1, 0.15) is 10.6 Å². The molecule has 0 unspecified atom stereocenters. The predicted octanol–water partition coefficient (Wildman–Crippen LogP) is 4.74. The molecule has 0 fully saturated rings. The highest BCUT2D eigenvalue weighted by Crippen LogP contribution is 2.40. The first-order chi connectivity index (χ1) is 13.8. The van der Waals surface area contributed by atoms with Crippen molar-refractivity contribution in [1.29, 1.82) is 0 Å². The number of hydrogen-bond donors (Lipinski definition) is 1. The first-order valence-corrected chi connectivity index (χ1v) is 10.3. The van der Waals surface area contributed by atoms with Crippen molar-refractivity contribution < 1.29 is 27.2 Å². The zero-order valence-corrected chi connectivity index (χ0v) is 16.7. The first kappa shape index (κ1) is 20.4. The number of carboxylic acid groups (broad SMARTS) is 1. The highest BCUT2D eigenvalue weighted by atomic mass is 32.2. The van der Waals surface area contributed by atoms with Crippen LogP contribution in [0.2, 0.25) is 0 Å². The summed E-state index contributed by atoms with van der Waals surface area (Å²) in [7, 11) is -4.20. The van der Waals surface area contributed by atoms with Crippen LogP contribution in [0.4, 0.5) is 0 Å². The largest absolute Gasteiger partial charge is 0.481 e. The van der Waals surface area contributed by atoms with Crippen LogP contribution in [-0.4, -0.2) is 19.5 Å². The lowest BCUT2D eigenvalue weighted by Gasteiger charge is -2.18. The molecule has 0 aliphatic heterocycles. The molecular formula is C22H20O6S. The summed E-state index contributed by atoms with van der Waals surface area (Å²) in [6.45, 7) is 3.29. The summed E-state index contributed by atoms with van der Waals surface area (Å²) in [5.74, 6) is -1.69. The van der Waals surface area contributed by atoms with Crippen LogP contribution in [0.25, 0.3) is 0 Å². The molecule has 150 valence electrons. The highest BCUT2D eigenvalue weighted by Gasteiger charge is 2.27. The van der Waals surface area contributed by atoms with E-state index < -0.39 is 22.0 Å². The van der Waals surface area contributed by atoms with Gasteiger partial charge < -0.3 is 14.0 Å². The maximum absolute atomic E-state index is 12.8. The van der Waals surface area contributed by atoms with Gasteiger partial charge in [0, 0.05) is 5.56 Å². The molecule has 6 nitrogen and oxygen atoms in total. The van der Waals surface area contributed by atoms with Crippen LogP contribution in [0.1, 0.15) is 24.0 Å².